The number of para-hydroxylation sites is 1. The maximum Gasteiger partial charge on any atom is 0.345 e. The number of hydrogen-bond donors (Lipinski definition) is 0. The lowest BCUT2D eigenvalue weighted by atomic mass is 9.67. The molecule has 5 rings (SSSR count). The van der Waals surface area contributed by atoms with Gasteiger partial charge in [0.2, 0.25) is 5.91 Å². The van der Waals surface area contributed by atoms with E-state index in [1.807, 2.05) is 23.1 Å². The average molecular weight is 678 g/mol. The SMILES string of the molecule is CC[C@H]1CN2CC[C@]3(C(=O)N(CCCCCCCOC(=O)c4cc(OC)ccc4[N+](=O)[O-])c4ccccc43)C2C[C@@H]1/C(=C\OC)C(=O)OC. The van der Waals surface area contributed by atoms with Crippen LogP contribution in [0.2, 0.25) is 0 Å². The second-order valence-corrected chi connectivity index (χ2v) is 13.1. The molecule has 2 fully saturated rings. The minimum absolute atomic E-state index is 0.0371. The van der Waals surface area contributed by atoms with Crippen LogP contribution in [0.5, 0.6) is 5.75 Å². The van der Waals surface area contributed by atoms with Gasteiger partial charge in [-0.25, -0.2) is 9.59 Å². The molecule has 3 heterocycles. The molecule has 0 bridgehead atoms. The van der Waals surface area contributed by atoms with E-state index < -0.39 is 16.3 Å². The van der Waals surface area contributed by atoms with Crippen molar-refractivity contribution in [2.75, 3.05) is 52.5 Å². The van der Waals surface area contributed by atoms with Crippen molar-refractivity contribution in [1.29, 1.82) is 0 Å². The molecular formula is C37H47N3O9. The van der Waals surface area contributed by atoms with E-state index in [1.165, 1.54) is 38.7 Å². The number of nitro groups is 1. The van der Waals surface area contributed by atoms with Crippen LogP contribution in [0.15, 0.2) is 54.3 Å². The highest BCUT2D eigenvalue weighted by Crippen LogP contribution is 2.55. The Labute approximate surface area is 287 Å². The Morgan fingerprint density at radius 3 is 2.53 bits per heavy atom. The van der Waals surface area contributed by atoms with Crippen LogP contribution in [-0.4, -0.2) is 81.3 Å². The predicted molar refractivity (Wildman–Crippen MR) is 182 cm³/mol. The zero-order valence-corrected chi connectivity index (χ0v) is 28.9. The molecule has 1 amide bonds. The minimum atomic E-state index is -0.748. The largest absolute Gasteiger partial charge is 0.504 e. The molecule has 0 radical (unpaired) electrons. The van der Waals surface area contributed by atoms with Crippen LogP contribution in [0, 0.1) is 22.0 Å². The van der Waals surface area contributed by atoms with Gasteiger partial charge in [-0.15, -0.1) is 0 Å². The summed E-state index contributed by atoms with van der Waals surface area (Å²) < 4.78 is 20.9. The number of piperidine rings is 1. The van der Waals surface area contributed by atoms with E-state index in [2.05, 4.69) is 17.9 Å². The van der Waals surface area contributed by atoms with Crippen LogP contribution in [0.3, 0.4) is 0 Å². The van der Waals surface area contributed by atoms with Crippen molar-refractivity contribution in [3.63, 3.8) is 0 Å². The molecule has 49 heavy (non-hydrogen) atoms. The van der Waals surface area contributed by atoms with Crippen LogP contribution in [0.4, 0.5) is 11.4 Å². The zero-order valence-electron chi connectivity index (χ0n) is 28.9. The van der Waals surface area contributed by atoms with E-state index in [1.54, 1.807) is 7.11 Å². The number of fused-ring (bicyclic) bond motifs is 4. The summed E-state index contributed by atoms with van der Waals surface area (Å²) in [5.74, 6) is -0.477. The number of amides is 1. The van der Waals surface area contributed by atoms with Crippen LogP contribution in [0.1, 0.15) is 74.2 Å². The van der Waals surface area contributed by atoms with Crippen molar-refractivity contribution < 1.29 is 38.3 Å². The van der Waals surface area contributed by atoms with Gasteiger partial charge in [0.15, 0.2) is 0 Å². The normalized spacial score (nSPS) is 23.3. The number of carbonyl (C=O) groups excluding carboxylic acids is 3. The summed E-state index contributed by atoms with van der Waals surface area (Å²) >= 11 is 0. The Kier molecular flexibility index (Phi) is 11.6. The van der Waals surface area contributed by atoms with Gasteiger partial charge in [0.25, 0.3) is 5.69 Å². The summed E-state index contributed by atoms with van der Waals surface area (Å²) in [6, 6.07) is 12.1. The first-order valence-corrected chi connectivity index (χ1v) is 17.2. The third-order valence-electron chi connectivity index (χ3n) is 10.6. The number of esters is 2. The van der Waals surface area contributed by atoms with Crippen LogP contribution < -0.4 is 9.64 Å². The molecule has 12 heteroatoms. The number of nitrogens with zero attached hydrogens (tertiary/aromatic N) is 3. The summed E-state index contributed by atoms with van der Waals surface area (Å²) in [4.78, 5) is 55.1. The summed E-state index contributed by atoms with van der Waals surface area (Å²) in [6.45, 7) is 4.55. The first-order valence-electron chi connectivity index (χ1n) is 17.2. The van der Waals surface area contributed by atoms with Gasteiger partial charge < -0.3 is 23.8 Å². The molecule has 1 unspecified atom stereocenters. The molecule has 1 spiro atoms. The van der Waals surface area contributed by atoms with Gasteiger partial charge in [-0.2, -0.15) is 0 Å². The number of carbonyl (C=O) groups is 3. The van der Waals surface area contributed by atoms with Crippen molar-refractivity contribution in [3.8, 4) is 5.75 Å². The number of nitro benzene ring substituents is 1. The fourth-order valence-corrected chi connectivity index (χ4v) is 8.16. The summed E-state index contributed by atoms with van der Waals surface area (Å²) in [5, 5.41) is 11.3. The molecule has 0 aliphatic carbocycles. The maximum atomic E-state index is 14.5. The van der Waals surface area contributed by atoms with Crippen molar-refractivity contribution in [1.82, 2.24) is 4.90 Å². The standard InChI is InChI=1S/C37H47N3O9/c1-5-25-23-38-19-17-37(33(38)22-27(25)29(24-46-2)34(41)48-4)30-13-9-10-14-32(30)39(36(37)43)18-11-7-6-8-12-20-49-35(42)28-21-26(47-3)15-16-31(28)40(44)45/h9-10,13-16,21,24-25,27,33H,5-8,11-12,17-20,22-23H2,1-4H3/b29-24+/t25-,27-,33?,37+/m0/s1. The Morgan fingerprint density at radius 1 is 1.06 bits per heavy atom. The fraction of sp³-hybridized carbons (Fsp3) is 0.541. The van der Waals surface area contributed by atoms with Crippen molar-refractivity contribution in [2.24, 2.45) is 11.8 Å². The molecule has 2 aromatic rings. The second kappa shape index (κ2) is 15.8. The Morgan fingerprint density at radius 2 is 1.82 bits per heavy atom. The smallest absolute Gasteiger partial charge is 0.345 e. The molecule has 12 nitrogen and oxygen atoms in total. The molecule has 0 saturated carbocycles. The quantitative estimate of drug-likeness (QED) is 0.0566. The Hall–Kier alpha value is -4.45. The van der Waals surface area contributed by atoms with Gasteiger partial charge in [-0.1, -0.05) is 50.8 Å². The first kappa shape index (κ1) is 35.8. The second-order valence-electron chi connectivity index (χ2n) is 13.1. The number of benzene rings is 2. The Bertz CT molecular complexity index is 1580. The van der Waals surface area contributed by atoms with Crippen LogP contribution in [0.25, 0.3) is 0 Å². The van der Waals surface area contributed by atoms with Gasteiger partial charge in [0.1, 0.15) is 11.3 Å². The first-order chi connectivity index (χ1) is 23.7. The molecule has 264 valence electrons. The minimum Gasteiger partial charge on any atom is -0.504 e. The van der Waals surface area contributed by atoms with Gasteiger partial charge >= 0.3 is 11.9 Å². The van der Waals surface area contributed by atoms with Crippen molar-refractivity contribution >= 4 is 29.2 Å². The number of anilines is 1. The number of methoxy groups -OCH3 is 3. The van der Waals surface area contributed by atoms with Gasteiger partial charge in [-0.3, -0.25) is 19.8 Å². The monoisotopic (exact) mass is 677 g/mol. The fourth-order valence-electron chi connectivity index (χ4n) is 8.16. The molecule has 2 aromatic carbocycles. The van der Waals surface area contributed by atoms with Gasteiger partial charge in [0, 0.05) is 37.0 Å². The molecule has 3 aliphatic rings. The van der Waals surface area contributed by atoms with E-state index in [0.717, 1.165) is 62.9 Å². The average Bonchev–Trinajstić information content (AvgIpc) is 3.61. The molecule has 3 aliphatic heterocycles. The van der Waals surface area contributed by atoms with E-state index >= 15 is 0 Å². The third kappa shape index (κ3) is 7.01. The highest BCUT2D eigenvalue weighted by Gasteiger charge is 2.62. The molecular weight excluding hydrogens is 630 g/mol. The number of hydrogen-bond acceptors (Lipinski definition) is 10. The van der Waals surface area contributed by atoms with Crippen molar-refractivity contribution in [2.45, 2.75) is 69.7 Å². The van der Waals surface area contributed by atoms with E-state index in [4.69, 9.17) is 18.9 Å². The molecule has 4 atom stereocenters. The zero-order chi connectivity index (χ0) is 35.1. The molecule has 0 aromatic heterocycles. The summed E-state index contributed by atoms with van der Waals surface area (Å²) in [5.41, 5.74) is 1.47. The Balaban J connectivity index is 1.18. The number of rotatable bonds is 15. The topological polar surface area (TPSA) is 138 Å². The number of unbranched alkanes of at least 4 members (excludes halogenated alkanes) is 4. The lowest BCUT2D eigenvalue weighted by molar-refractivity contribution is -0.385. The van der Waals surface area contributed by atoms with Crippen LogP contribution >= 0.6 is 0 Å². The molecule has 2 saturated heterocycles. The summed E-state index contributed by atoms with van der Waals surface area (Å²) in [6.07, 6.45) is 7.89. The van der Waals surface area contributed by atoms with Gasteiger partial charge in [0.05, 0.1) is 50.1 Å². The third-order valence-corrected chi connectivity index (χ3v) is 10.6. The lowest BCUT2D eigenvalue weighted by Gasteiger charge is -2.45. The highest BCUT2D eigenvalue weighted by molar-refractivity contribution is 6.09. The lowest BCUT2D eigenvalue weighted by Crippen LogP contribution is -2.55. The van der Waals surface area contributed by atoms with E-state index in [9.17, 15) is 24.5 Å². The van der Waals surface area contributed by atoms with Gasteiger partial charge in [-0.05, 0) is 61.8 Å². The van der Waals surface area contributed by atoms with Crippen molar-refractivity contribution in [3.05, 3.63) is 75.5 Å². The summed E-state index contributed by atoms with van der Waals surface area (Å²) in [7, 11) is 4.36. The number of ether oxygens (including phenoxy) is 4. The van der Waals surface area contributed by atoms with Crippen LogP contribution in [-0.2, 0) is 29.2 Å². The van der Waals surface area contributed by atoms with E-state index in [-0.39, 0.29) is 47.6 Å². The maximum absolute atomic E-state index is 14.5. The van der Waals surface area contributed by atoms with E-state index in [0.29, 0.717) is 30.7 Å². The predicted octanol–water partition coefficient (Wildman–Crippen LogP) is 5.82. The molecule has 0 N–H and O–H groups in total. The highest BCUT2D eigenvalue weighted by atomic mass is 16.6.